The molecule has 0 atom stereocenters. The maximum Gasteiger partial charge on any atom is 0.354 e. The Morgan fingerprint density at radius 2 is 1.96 bits per heavy atom. The second-order valence-corrected chi connectivity index (χ2v) is 7.18. The van der Waals surface area contributed by atoms with Gasteiger partial charge >= 0.3 is 5.97 Å². The third-order valence-corrected chi connectivity index (χ3v) is 4.97. The lowest BCUT2D eigenvalue weighted by Crippen LogP contribution is -2.37. The van der Waals surface area contributed by atoms with E-state index in [0.717, 1.165) is 12.8 Å². The Balaban J connectivity index is 1.85. The molecule has 1 amide bonds. The van der Waals surface area contributed by atoms with E-state index in [1.54, 1.807) is 13.8 Å². The van der Waals surface area contributed by atoms with Crippen LogP contribution in [0.3, 0.4) is 0 Å². The summed E-state index contributed by atoms with van der Waals surface area (Å²) in [6.07, 6.45) is 2.02. The van der Waals surface area contributed by atoms with E-state index >= 15 is 0 Å². The van der Waals surface area contributed by atoms with Gasteiger partial charge in [-0.25, -0.2) is 9.18 Å². The van der Waals surface area contributed by atoms with Gasteiger partial charge in [-0.3, -0.25) is 9.59 Å². The van der Waals surface area contributed by atoms with Crippen LogP contribution in [0.4, 0.5) is 4.39 Å². The minimum absolute atomic E-state index is 0.133. The molecule has 0 bridgehead atoms. The molecule has 0 radical (unpaired) electrons. The van der Waals surface area contributed by atoms with E-state index < -0.39 is 11.8 Å². The number of nitrogens with zero attached hydrogens (tertiary/aromatic N) is 1. The lowest BCUT2D eigenvalue weighted by atomic mass is 10.0. The van der Waals surface area contributed by atoms with Crippen LogP contribution in [-0.4, -0.2) is 47.7 Å². The number of methoxy groups -OCH3 is 1. The summed E-state index contributed by atoms with van der Waals surface area (Å²) in [5.74, 6) is -1.33. The average molecular weight is 386 g/mol. The van der Waals surface area contributed by atoms with Gasteiger partial charge in [-0.2, -0.15) is 0 Å². The van der Waals surface area contributed by atoms with Gasteiger partial charge in [0, 0.05) is 23.4 Å². The second-order valence-electron chi connectivity index (χ2n) is 7.18. The molecule has 3 rings (SSSR count). The monoisotopic (exact) mass is 386 g/mol. The quantitative estimate of drug-likeness (QED) is 0.585. The van der Waals surface area contributed by atoms with Crippen LogP contribution in [0.2, 0.25) is 0 Å². The van der Waals surface area contributed by atoms with Crippen molar-refractivity contribution in [3.8, 4) is 0 Å². The molecular formula is C21H23FN2O4. The predicted octanol–water partition coefficient (Wildman–Crippen LogP) is 3.29. The number of aromatic amines is 1. The fourth-order valence-electron chi connectivity index (χ4n) is 3.36. The molecule has 6 nitrogen and oxygen atoms in total. The number of benzene rings is 1. The zero-order valence-corrected chi connectivity index (χ0v) is 16.2. The van der Waals surface area contributed by atoms with Crippen molar-refractivity contribution in [3.63, 3.8) is 0 Å². The smallest absolute Gasteiger partial charge is 0.354 e. The number of ether oxygens (including phenoxy) is 1. The highest BCUT2D eigenvalue weighted by Crippen LogP contribution is 2.30. The molecule has 1 heterocycles. The number of aromatic nitrogens is 1. The first-order valence-electron chi connectivity index (χ1n) is 9.17. The van der Waals surface area contributed by atoms with Crippen molar-refractivity contribution in [1.82, 2.24) is 9.88 Å². The van der Waals surface area contributed by atoms with Gasteiger partial charge in [0.15, 0.2) is 5.78 Å². The standard InChI is InChI=1S/C21H23FN2O4/c1-12-18(13(2)23-19(12)21(27)28-3)17(25)11-24(10-14-7-8-14)20(26)15-5-4-6-16(22)9-15/h4-6,9,14,23H,7-8,10-11H2,1-3H3. The summed E-state index contributed by atoms with van der Waals surface area (Å²) in [6.45, 7) is 3.69. The van der Waals surface area contributed by atoms with Crippen LogP contribution in [-0.2, 0) is 4.74 Å². The summed E-state index contributed by atoms with van der Waals surface area (Å²) in [4.78, 5) is 42.1. The molecule has 2 aromatic rings. The molecule has 1 saturated carbocycles. The number of aryl methyl sites for hydroxylation is 1. The second kappa shape index (κ2) is 7.96. The number of hydrogen-bond acceptors (Lipinski definition) is 4. The van der Waals surface area contributed by atoms with Crippen molar-refractivity contribution in [2.75, 3.05) is 20.2 Å². The molecule has 28 heavy (non-hydrogen) atoms. The van der Waals surface area contributed by atoms with E-state index in [0.29, 0.717) is 29.3 Å². The molecule has 7 heteroatoms. The van der Waals surface area contributed by atoms with Crippen molar-refractivity contribution >= 4 is 17.7 Å². The van der Waals surface area contributed by atoms with Gasteiger partial charge in [-0.1, -0.05) is 6.07 Å². The van der Waals surface area contributed by atoms with Crippen molar-refractivity contribution in [2.24, 2.45) is 5.92 Å². The summed E-state index contributed by atoms with van der Waals surface area (Å²) in [6, 6.07) is 5.46. The highest BCUT2D eigenvalue weighted by Gasteiger charge is 2.30. The van der Waals surface area contributed by atoms with Crippen molar-refractivity contribution in [1.29, 1.82) is 0 Å². The Labute approximate surface area is 162 Å². The maximum atomic E-state index is 13.5. The average Bonchev–Trinajstić information content (AvgIpc) is 3.43. The Bertz CT molecular complexity index is 930. The van der Waals surface area contributed by atoms with E-state index in [-0.39, 0.29) is 29.5 Å². The number of nitrogens with one attached hydrogen (secondary N) is 1. The number of esters is 1. The number of amides is 1. The van der Waals surface area contributed by atoms with Crippen molar-refractivity contribution in [2.45, 2.75) is 26.7 Å². The number of halogens is 1. The third-order valence-electron chi connectivity index (χ3n) is 4.97. The molecule has 0 aliphatic heterocycles. The minimum atomic E-state index is -0.551. The zero-order valence-electron chi connectivity index (χ0n) is 16.2. The van der Waals surface area contributed by atoms with E-state index in [1.165, 1.54) is 36.3 Å². The van der Waals surface area contributed by atoms with Crippen molar-refractivity contribution in [3.05, 3.63) is 58.2 Å². The normalized spacial score (nSPS) is 13.3. The lowest BCUT2D eigenvalue weighted by Gasteiger charge is -2.22. The van der Waals surface area contributed by atoms with Gasteiger partial charge < -0.3 is 14.6 Å². The van der Waals surface area contributed by atoms with Crippen molar-refractivity contribution < 1.29 is 23.5 Å². The Morgan fingerprint density at radius 3 is 2.57 bits per heavy atom. The summed E-state index contributed by atoms with van der Waals surface area (Å²) in [5.41, 5.74) is 1.87. The van der Waals surface area contributed by atoms with Crippen LogP contribution in [0.5, 0.6) is 0 Å². The Morgan fingerprint density at radius 1 is 1.25 bits per heavy atom. The van der Waals surface area contributed by atoms with Gasteiger partial charge in [0.25, 0.3) is 5.91 Å². The third kappa shape index (κ3) is 4.13. The van der Waals surface area contributed by atoms with Gasteiger partial charge in [0.05, 0.1) is 13.7 Å². The molecule has 1 fully saturated rings. The summed E-state index contributed by atoms with van der Waals surface area (Å²) in [5, 5.41) is 0. The van der Waals surface area contributed by atoms with Crippen LogP contribution in [0.15, 0.2) is 24.3 Å². The number of carbonyl (C=O) groups is 3. The number of H-pyrrole nitrogens is 1. The molecule has 1 N–H and O–H groups in total. The van der Waals surface area contributed by atoms with Crippen LogP contribution in [0, 0.1) is 25.6 Å². The van der Waals surface area contributed by atoms with Crippen LogP contribution in [0.25, 0.3) is 0 Å². The van der Waals surface area contributed by atoms with E-state index in [9.17, 15) is 18.8 Å². The molecule has 1 aromatic heterocycles. The molecule has 148 valence electrons. The van der Waals surface area contributed by atoms with Crippen LogP contribution < -0.4 is 0 Å². The molecule has 0 unspecified atom stereocenters. The first-order chi connectivity index (χ1) is 13.3. The van der Waals surface area contributed by atoms with E-state index in [2.05, 4.69) is 4.98 Å². The van der Waals surface area contributed by atoms with E-state index in [1.807, 2.05) is 0 Å². The summed E-state index contributed by atoms with van der Waals surface area (Å²) in [7, 11) is 1.27. The maximum absolute atomic E-state index is 13.5. The number of hydrogen-bond donors (Lipinski definition) is 1. The molecule has 0 spiro atoms. The van der Waals surface area contributed by atoms with Crippen LogP contribution in [0.1, 0.15) is 55.3 Å². The highest BCUT2D eigenvalue weighted by atomic mass is 19.1. The zero-order chi connectivity index (χ0) is 20.4. The minimum Gasteiger partial charge on any atom is -0.464 e. The first-order valence-corrected chi connectivity index (χ1v) is 9.17. The molecule has 1 aliphatic rings. The Kier molecular flexibility index (Phi) is 5.63. The number of carbonyl (C=O) groups excluding carboxylic acids is 3. The summed E-state index contributed by atoms with van der Waals surface area (Å²) < 4.78 is 18.3. The van der Waals surface area contributed by atoms with Gasteiger partial charge in [0.2, 0.25) is 0 Å². The molecule has 1 aliphatic carbocycles. The lowest BCUT2D eigenvalue weighted by molar-refractivity contribution is 0.0593. The molecular weight excluding hydrogens is 363 g/mol. The molecule has 1 aromatic carbocycles. The first kappa shape index (κ1) is 19.8. The number of ketones is 1. The van der Waals surface area contributed by atoms with E-state index in [4.69, 9.17) is 4.74 Å². The predicted molar refractivity (Wildman–Crippen MR) is 101 cm³/mol. The fraction of sp³-hybridized carbons (Fsp3) is 0.381. The highest BCUT2D eigenvalue weighted by molar-refractivity contribution is 6.05. The topological polar surface area (TPSA) is 79.5 Å². The number of rotatable bonds is 7. The van der Waals surface area contributed by atoms with Gasteiger partial charge in [-0.05, 0) is 56.4 Å². The van der Waals surface area contributed by atoms with Gasteiger partial charge in [-0.15, -0.1) is 0 Å². The van der Waals surface area contributed by atoms with Gasteiger partial charge in [0.1, 0.15) is 11.5 Å². The SMILES string of the molecule is COC(=O)c1[nH]c(C)c(C(=O)CN(CC2CC2)C(=O)c2cccc(F)c2)c1C. The fourth-order valence-corrected chi connectivity index (χ4v) is 3.36. The Hall–Kier alpha value is -2.96. The van der Waals surface area contributed by atoms with Crippen LogP contribution >= 0.6 is 0 Å². The largest absolute Gasteiger partial charge is 0.464 e. The number of Topliss-reactive ketones (excluding diaryl/α,β-unsaturated/α-hetero) is 1. The summed E-state index contributed by atoms with van der Waals surface area (Å²) >= 11 is 0. The molecule has 0 saturated heterocycles.